The van der Waals surface area contributed by atoms with E-state index in [1.165, 1.54) is 12.4 Å². The number of nitrogens with zero attached hydrogens (tertiary/aromatic N) is 2. The third-order valence-electron chi connectivity index (χ3n) is 2.67. The van der Waals surface area contributed by atoms with Gasteiger partial charge in [-0.15, -0.1) is 0 Å². The molecule has 102 valence electrons. The molecule has 1 aromatic carbocycles. The van der Waals surface area contributed by atoms with Crippen molar-refractivity contribution < 1.29 is 14.7 Å². The number of aromatic nitrogens is 2. The molecule has 2 rings (SSSR count). The van der Waals surface area contributed by atoms with Crippen molar-refractivity contribution in [3.8, 4) is 0 Å². The summed E-state index contributed by atoms with van der Waals surface area (Å²) in [5, 5.41) is 11.6. The van der Waals surface area contributed by atoms with Gasteiger partial charge in [0.05, 0.1) is 11.9 Å². The molecule has 0 fully saturated rings. The number of carboxylic acids is 1. The average molecular weight is 271 g/mol. The van der Waals surface area contributed by atoms with E-state index in [1.807, 2.05) is 0 Å². The van der Waals surface area contributed by atoms with Gasteiger partial charge in [-0.05, 0) is 12.5 Å². The number of carboxylic acid groups (broad SMARTS) is 1. The third-order valence-corrected chi connectivity index (χ3v) is 2.67. The van der Waals surface area contributed by atoms with Gasteiger partial charge in [-0.3, -0.25) is 9.78 Å². The second-order valence-corrected chi connectivity index (χ2v) is 4.20. The fourth-order valence-corrected chi connectivity index (χ4v) is 1.65. The maximum atomic E-state index is 12.0. The van der Waals surface area contributed by atoms with Crippen LogP contribution in [0.15, 0.2) is 42.7 Å². The van der Waals surface area contributed by atoms with Crippen molar-refractivity contribution in [2.75, 3.05) is 0 Å². The molecule has 0 aliphatic heterocycles. The van der Waals surface area contributed by atoms with Crippen molar-refractivity contribution in [2.24, 2.45) is 0 Å². The maximum Gasteiger partial charge on any atom is 0.330 e. The van der Waals surface area contributed by atoms with Crippen LogP contribution in [0.5, 0.6) is 0 Å². The zero-order valence-electron chi connectivity index (χ0n) is 10.8. The first-order chi connectivity index (χ1) is 9.58. The van der Waals surface area contributed by atoms with Crippen molar-refractivity contribution in [3.05, 3.63) is 59.7 Å². The molecule has 1 atom stereocenters. The zero-order valence-corrected chi connectivity index (χ0v) is 10.8. The molecule has 6 nitrogen and oxygen atoms in total. The summed E-state index contributed by atoms with van der Waals surface area (Å²) >= 11 is 0. The zero-order chi connectivity index (χ0) is 14.5. The van der Waals surface area contributed by atoms with Gasteiger partial charge in [-0.1, -0.05) is 30.3 Å². The first kappa shape index (κ1) is 13.7. The Kier molecular flexibility index (Phi) is 4.05. The van der Waals surface area contributed by atoms with Gasteiger partial charge in [0.25, 0.3) is 5.91 Å². The Morgan fingerprint density at radius 3 is 2.40 bits per heavy atom. The van der Waals surface area contributed by atoms with Crippen LogP contribution in [0.4, 0.5) is 0 Å². The van der Waals surface area contributed by atoms with Crippen LogP contribution >= 0.6 is 0 Å². The minimum atomic E-state index is -1.13. The number of rotatable bonds is 4. The summed E-state index contributed by atoms with van der Waals surface area (Å²) < 4.78 is 0. The van der Waals surface area contributed by atoms with E-state index in [-0.39, 0.29) is 5.69 Å². The molecule has 1 unspecified atom stereocenters. The predicted molar refractivity (Wildman–Crippen MR) is 71.1 cm³/mol. The number of amides is 1. The van der Waals surface area contributed by atoms with Crippen molar-refractivity contribution in [2.45, 2.75) is 13.0 Å². The Morgan fingerprint density at radius 1 is 1.15 bits per heavy atom. The first-order valence-corrected chi connectivity index (χ1v) is 5.95. The molecule has 0 saturated carbocycles. The van der Waals surface area contributed by atoms with Crippen LogP contribution in [-0.4, -0.2) is 27.0 Å². The molecule has 0 radical (unpaired) electrons. The molecule has 1 amide bonds. The molecule has 0 spiro atoms. The van der Waals surface area contributed by atoms with Gasteiger partial charge in [-0.25, -0.2) is 9.78 Å². The van der Waals surface area contributed by atoms with Gasteiger partial charge in [0.2, 0.25) is 0 Å². The lowest BCUT2D eigenvalue weighted by Gasteiger charge is -2.14. The molecular formula is C14H13N3O3. The van der Waals surface area contributed by atoms with E-state index in [4.69, 9.17) is 0 Å². The number of benzene rings is 1. The minimum Gasteiger partial charge on any atom is -0.479 e. The first-order valence-electron chi connectivity index (χ1n) is 5.95. The smallest absolute Gasteiger partial charge is 0.330 e. The van der Waals surface area contributed by atoms with E-state index in [9.17, 15) is 14.7 Å². The third kappa shape index (κ3) is 3.17. The van der Waals surface area contributed by atoms with Gasteiger partial charge < -0.3 is 10.4 Å². The lowest BCUT2D eigenvalue weighted by Crippen LogP contribution is -2.34. The molecule has 0 saturated heterocycles. The fraction of sp³-hybridized carbons (Fsp3) is 0.143. The summed E-state index contributed by atoms with van der Waals surface area (Å²) in [4.78, 5) is 31.1. The summed E-state index contributed by atoms with van der Waals surface area (Å²) in [6, 6.07) is 7.36. The van der Waals surface area contributed by atoms with Crippen molar-refractivity contribution in [1.82, 2.24) is 15.3 Å². The molecule has 1 heterocycles. The second kappa shape index (κ2) is 5.92. The number of hydrogen-bond donors (Lipinski definition) is 2. The number of aryl methyl sites for hydroxylation is 1. The Labute approximate surface area is 115 Å². The predicted octanol–water partition coefficient (Wildman–Crippen LogP) is 1.34. The Bertz CT molecular complexity index is 611. The van der Waals surface area contributed by atoms with Crippen molar-refractivity contribution in [3.63, 3.8) is 0 Å². The molecular weight excluding hydrogens is 258 g/mol. The summed E-state index contributed by atoms with van der Waals surface area (Å²) in [6.45, 7) is 1.75. The highest BCUT2D eigenvalue weighted by atomic mass is 16.4. The molecule has 2 aromatic rings. The molecule has 2 N–H and O–H groups in total. The fourth-order valence-electron chi connectivity index (χ4n) is 1.65. The SMILES string of the molecule is Cc1cnc(C(=O)NC(C(=O)O)c2ccccc2)cn1. The van der Waals surface area contributed by atoms with E-state index in [2.05, 4.69) is 15.3 Å². The van der Waals surface area contributed by atoms with Crippen LogP contribution in [0.25, 0.3) is 0 Å². The number of aliphatic carboxylic acids is 1. The van der Waals surface area contributed by atoms with E-state index >= 15 is 0 Å². The van der Waals surface area contributed by atoms with E-state index < -0.39 is 17.9 Å². The van der Waals surface area contributed by atoms with Crippen LogP contribution in [-0.2, 0) is 4.79 Å². The van der Waals surface area contributed by atoms with Gasteiger partial charge in [-0.2, -0.15) is 0 Å². The molecule has 0 aliphatic carbocycles. The average Bonchev–Trinajstić information content (AvgIpc) is 2.46. The summed E-state index contributed by atoms with van der Waals surface area (Å²) in [5.41, 5.74) is 1.26. The molecule has 1 aromatic heterocycles. The van der Waals surface area contributed by atoms with Crippen LogP contribution in [0, 0.1) is 6.92 Å². The van der Waals surface area contributed by atoms with Crippen LogP contribution in [0.1, 0.15) is 27.8 Å². The van der Waals surface area contributed by atoms with Crippen LogP contribution in [0.2, 0.25) is 0 Å². The number of hydrogen-bond acceptors (Lipinski definition) is 4. The largest absolute Gasteiger partial charge is 0.479 e. The Balaban J connectivity index is 2.19. The molecule has 20 heavy (non-hydrogen) atoms. The van der Waals surface area contributed by atoms with E-state index in [1.54, 1.807) is 37.3 Å². The standard InChI is InChI=1S/C14H13N3O3/c1-9-7-16-11(8-15-9)13(18)17-12(14(19)20)10-5-3-2-4-6-10/h2-8,12H,1H3,(H,17,18)(H,19,20). The van der Waals surface area contributed by atoms with Gasteiger partial charge in [0, 0.05) is 6.20 Å². The molecule has 0 aliphatic rings. The van der Waals surface area contributed by atoms with Gasteiger partial charge in [0.15, 0.2) is 6.04 Å². The monoisotopic (exact) mass is 271 g/mol. The Hall–Kier alpha value is -2.76. The highest BCUT2D eigenvalue weighted by Crippen LogP contribution is 2.13. The normalized spacial score (nSPS) is 11.7. The van der Waals surface area contributed by atoms with Crippen molar-refractivity contribution >= 4 is 11.9 Å². The van der Waals surface area contributed by atoms with Crippen LogP contribution < -0.4 is 5.32 Å². The highest BCUT2D eigenvalue weighted by molar-refractivity contribution is 5.94. The highest BCUT2D eigenvalue weighted by Gasteiger charge is 2.22. The summed E-state index contributed by atoms with van der Waals surface area (Å²) in [7, 11) is 0. The maximum absolute atomic E-state index is 12.0. The van der Waals surface area contributed by atoms with E-state index in [0.717, 1.165) is 0 Å². The number of carbonyl (C=O) groups is 2. The van der Waals surface area contributed by atoms with Gasteiger partial charge in [0.1, 0.15) is 5.69 Å². The topological polar surface area (TPSA) is 92.2 Å². The van der Waals surface area contributed by atoms with Crippen molar-refractivity contribution in [1.29, 1.82) is 0 Å². The minimum absolute atomic E-state index is 0.0813. The summed E-state index contributed by atoms with van der Waals surface area (Å²) in [5.74, 6) is -1.71. The van der Waals surface area contributed by atoms with E-state index in [0.29, 0.717) is 11.3 Å². The Morgan fingerprint density at radius 2 is 1.85 bits per heavy atom. The number of carbonyl (C=O) groups excluding carboxylic acids is 1. The number of nitrogens with one attached hydrogen (secondary N) is 1. The van der Waals surface area contributed by atoms with Gasteiger partial charge >= 0.3 is 5.97 Å². The molecule has 6 heteroatoms. The second-order valence-electron chi connectivity index (χ2n) is 4.20. The molecule has 0 bridgehead atoms. The quantitative estimate of drug-likeness (QED) is 0.875. The lowest BCUT2D eigenvalue weighted by molar-refractivity contribution is -0.139. The lowest BCUT2D eigenvalue weighted by atomic mass is 10.1. The van der Waals surface area contributed by atoms with Crippen LogP contribution in [0.3, 0.4) is 0 Å². The summed E-state index contributed by atoms with van der Waals surface area (Å²) in [6.07, 6.45) is 2.77.